The number of aromatic nitrogens is 2. The number of hydrogen-bond donors (Lipinski definition) is 3. The summed E-state index contributed by atoms with van der Waals surface area (Å²) in [6.07, 6.45) is 1.45. The van der Waals surface area contributed by atoms with Gasteiger partial charge in [-0.05, 0) is 48.9 Å². The first-order chi connectivity index (χ1) is 13.6. The highest BCUT2D eigenvalue weighted by molar-refractivity contribution is 5.94. The van der Waals surface area contributed by atoms with Crippen molar-refractivity contribution in [2.45, 2.75) is 6.92 Å². The highest BCUT2D eigenvalue weighted by atomic mass is 16.5. The van der Waals surface area contributed by atoms with Gasteiger partial charge >= 0.3 is 0 Å². The minimum absolute atomic E-state index is 0.0287. The van der Waals surface area contributed by atoms with E-state index >= 15 is 0 Å². The van der Waals surface area contributed by atoms with E-state index in [0.29, 0.717) is 29.4 Å². The maximum Gasteiger partial charge on any atom is 0.289 e. The fourth-order valence-corrected chi connectivity index (χ4v) is 2.54. The summed E-state index contributed by atoms with van der Waals surface area (Å²) in [7, 11) is 1.46. The Morgan fingerprint density at radius 2 is 2.07 bits per heavy atom. The zero-order valence-electron chi connectivity index (χ0n) is 15.5. The minimum Gasteiger partial charge on any atom is -0.504 e. The van der Waals surface area contributed by atoms with Crippen LogP contribution < -0.4 is 14.9 Å². The summed E-state index contributed by atoms with van der Waals surface area (Å²) < 4.78 is 10.6. The molecule has 0 unspecified atom stereocenters. The number of H-pyrrole nitrogens is 1. The first-order valence-electron chi connectivity index (χ1n) is 8.60. The highest BCUT2D eigenvalue weighted by Crippen LogP contribution is 2.28. The number of phenolic OH excluding ortho intramolecular Hbond substituents is 1. The average molecular weight is 380 g/mol. The number of amides is 1. The Bertz CT molecular complexity index is 997. The number of hydrazone groups is 1. The van der Waals surface area contributed by atoms with Gasteiger partial charge in [-0.15, -0.1) is 0 Å². The number of nitrogens with one attached hydrogen (secondary N) is 2. The molecule has 0 aliphatic rings. The average Bonchev–Trinajstić information content (AvgIpc) is 3.20. The van der Waals surface area contributed by atoms with Crippen molar-refractivity contribution in [3.05, 3.63) is 59.8 Å². The van der Waals surface area contributed by atoms with Gasteiger partial charge in [-0.25, -0.2) is 5.43 Å². The van der Waals surface area contributed by atoms with Crippen LogP contribution in [0.3, 0.4) is 0 Å². The Balaban J connectivity index is 1.69. The number of carbonyl (C=O) groups excluding carboxylic acids is 1. The molecule has 3 aromatic rings. The summed E-state index contributed by atoms with van der Waals surface area (Å²) in [5, 5.41) is 20.4. The third kappa shape index (κ3) is 4.29. The topological polar surface area (TPSA) is 109 Å². The highest BCUT2D eigenvalue weighted by Gasteiger charge is 2.13. The molecular formula is C20H20N4O4. The van der Waals surface area contributed by atoms with Crippen molar-refractivity contribution in [3.63, 3.8) is 0 Å². The third-order valence-electron chi connectivity index (χ3n) is 3.87. The van der Waals surface area contributed by atoms with E-state index in [0.717, 1.165) is 5.56 Å². The standard InChI is InChI=1S/C20H20N4O4/c1-3-28-18-7-5-4-6-14(18)15-11-16(23-22-15)20(26)24-21-12-13-8-9-17(25)19(10-13)27-2/h4-12,25H,3H2,1-2H3,(H,22,23)(H,24,26)/b21-12+. The second kappa shape index (κ2) is 8.72. The molecule has 0 saturated heterocycles. The lowest BCUT2D eigenvalue weighted by Crippen LogP contribution is -2.18. The van der Waals surface area contributed by atoms with E-state index in [1.165, 1.54) is 19.4 Å². The number of carbonyl (C=O) groups is 1. The van der Waals surface area contributed by atoms with Crippen LogP contribution in [0.15, 0.2) is 53.6 Å². The molecule has 2 aromatic carbocycles. The fourth-order valence-electron chi connectivity index (χ4n) is 2.54. The van der Waals surface area contributed by atoms with E-state index in [-0.39, 0.29) is 11.4 Å². The predicted octanol–water partition coefficient (Wildman–Crippen LogP) is 2.95. The molecular weight excluding hydrogens is 360 g/mol. The lowest BCUT2D eigenvalue weighted by Gasteiger charge is -2.07. The molecule has 0 radical (unpaired) electrons. The van der Waals surface area contributed by atoms with Crippen LogP contribution in [0.1, 0.15) is 23.0 Å². The summed E-state index contributed by atoms with van der Waals surface area (Å²) in [6.45, 7) is 2.44. The quantitative estimate of drug-likeness (QED) is 0.431. The van der Waals surface area contributed by atoms with E-state index in [1.54, 1.807) is 18.2 Å². The summed E-state index contributed by atoms with van der Waals surface area (Å²) >= 11 is 0. The molecule has 0 aliphatic carbocycles. The van der Waals surface area contributed by atoms with Gasteiger partial charge in [0.15, 0.2) is 11.5 Å². The Morgan fingerprint density at radius 3 is 2.86 bits per heavy atom. The lowest BCUT2D eigenvalue weighted by molar-refractivity contribution is 0.0950. The van der Waals surface area contributed by atoms with Crippen LogP contribution >= 0.6 is 0 Å². The molecule has 0 saturated carbocycles. The van der Waals surface area contributed by atoms with Gasteiger partial charge in [0.1, 0.15) is 11.4 Å². The molecule has 8 heteroatoms. The minimum atomic E-state index is -0.436. The van der Waals surface area contributed by atoms with Crippen molar-refractivity contribution in [1.29, 1.82) is 0 Å². The van der Waals surface area contributed by atoms with E-state index in [2.05, 4.69) is 20.7 Å². The van der Waals surface area contributed by atoms with Crippen LogP contribution in [-0.2, 0) is 0 Å². The molecule has 0 atom stereocenters. The number of aromatic amines is 1. The molecule has 3 rings (SSSR count). The van der Waals surface area contributed by atoms with Gasteiger partial charge in [0.25, 0.3) is 5.91 Å². The number of para-hydroxylation sites is 1. The van der Waals surface area contributed by atoms with Gasteiger partial charge in [-0.2, -0.15) is 10.2 Å². The summed E-state index contributed by atoms with van der Waals surface area (Å²) in [6, 6.07) is 13.8. The molecule has 1 heterocycles. The number of nitrogens with zero attached hydrogens (tertiary/aromatic N) is 2. The number of ether oxygens (including phenoxy) is 2. The Kier molecular flexibility index (Phi) is 5.91. The Morgan fingerprint density at radius 1 is 1.25 bits per heavy atom. The monoisotopic (exact) mass is 380 g/mol. The summed E-state index contributed by atoms with van der Waals surface area (Å²) in [4.78, 5) is 12.3. The van der Waals surface area contributed by atoms with Gasteiger partial charge in [0.2, 0.25) is 0 Å². The number of phenols is 1. The SMILES string of the molecule is CCOc1ccccc1-c1cc(C(=O)N/N=C/c2ccc(O)c(OC)c2)[nH]n1. The van der Waals surface area contributed by atoms with Crippen molar-refractivity contribution in [2.24, 2.45) is 5.10 Å². The second-order valence-corrected chi connectivity index (χ2v) is 5.73. The molecule has 0 bridgehead atoms. The molecule has 28 heavy (non-hydrogen) atoms. The number of hydrogen-bond acceptors (Lipinski definition) is 6. The Hall–Kier alpha value is -3.81. The molecule has 0 spiro atoms. The lowest BCUT2D eigenvalue weighted by atomic mass is 10.1. The van der Waals surface area contributed by atoms with E-state index in [4.69, 9.17) is 9.47 Å². The van der Waals surface area contributed by atoms with Crippen LogP contribution in [0.25, 0.3) is 11.3 Å². The normalized spacial score (nSPS) is 10.8. The number of rotatable bonds is 7. The zero-order valence-corrected chi connectivity index (χ0v) is 15.5. The van der Waals surface area contributed by atoms with E-state index in [9.17, 15) is 9.90 Å². The largest absolute Gasteiger partial charge is 0.504 e. The first kappa shape index (κ1) is 19.0. The van der Waals surface area contributed by atoms with Gasteiger partial charge < -0.3 is 14.6 Å². The molecule has 3 N–H and O–H groups in total. The first-order valence-corrected chi connectivity index (χ1v) is 8.60. The predicted molar refractivity (Wildman–Crippen MR) is 105 cm³/mol. The maximum atomic E-state index is 12.3. The van der Waals surface area contributed by atoms with Crippen LogP contribution in [0.2, 0.25) is 0 Å². The number of benzene rings is 2. The number of aromatic hydroxyl groups is 1. The fraction of sp³-hybridized carbons (Fsp3) is 0.150. The van der Waals surface area contributed by atoms with E-state index < -0.39 is 5.91 Å². The van der Waals surface area contributed by atoms with E-state index in [1.807, 2.05) is 31.2 Å². The van der Waals surface area contributed by atoms with Crippen molar-refractivity contribution >= 4 is 12.1 Å². The van der Waals surface area contributed by atoms with Crippen molar-refractivity contribution in [1.82, 2.24) is 15.6 Å². The van der Waals surface area contributed by atoms with Crippen molar-refractivity contribution < 1.29 is 19.4 Å². The zero-order chi connectivity index (χ0) is 19.9. The third-order valence-corrected chi connectivity index (χ3v) is 3.87. The smallest absolute Gasteiger partial charge is 0.289 e. The summed E-state index contributed by atoms with van der Waals surface area (Å²) in [5.74, 6) is 0.611. The molecule has 1 amide bonds. The van der Waals surface area contributed by atoms with Crippen LogP contribution in [0, 0.1) is 0 Å². The second-order valence-electron chi connectivity index (χ2n) is 5.73. The number of methoxy groups -OCH3 is 1. The Labute approximate surface area is 161 Å². The van der Waals surface area contributed by atoms with Crippen LogP contribution in [0.4, 0.5) is 0 Å². The molecule has 0 aliphatic heterocycles. The van der Waals surface area contributed by atoms with Crippen LogP contribution in [-0.4, -0.2) is 41.1 Å². The van der Waals surface area contributed by atoms with Gasteiger partial charge in [0, 0.05) is 5.56 Å². The molecule has 0 fully saturated rings. The van der Waals surface area contributed by atoms with Crippen molar-refractivity contribution in [3.8, 4) is 28.5 Å². The summed E-state index contributed by atoms with van der Waals surface area (Å²) in [5.41, 5.74) is 4.74. The molecule has 8 nitrogen and oxygen atoms in total. The molecule has 144 valence electrons. The maximum absolute atomic E-state index is 12.3. The van der Waals surface area contributed by atoms with Crippen LogP contribution in [0.5, 0.6) is 17.2 Å². The van der Waals surface area contributed by atoms with Gasteiger partial charge in [-0.1, -0.05) is 12.1 Å². The molecule has 1 aromatic heterocycles. The van der Waals surface area contributed by atoms with Gasteiger partial charge in [-0.3, -0.25) is 9.89 Å². The van der Waals surface area contributed by atoms with Gasteiger partial charge in [0.05, 0.1) is 25.6 Å². The van der Waals surface area contributed by atoms with Crippen molar-refractivity contribution in [2.75, 3.05) is 13.7 Å².